The summed E-state index contributed by atoms with van der Waals surface area (Å²) in [5, 5.41) is 11.2. The second-order valence-electron chi connectivity index (χ2n) is 6.08. The maximum absolute atomic E-state index is 12.1. The van der Waals surface area contributed by atoms with Gasteiger partial charge in [-0.1, -0.05) is 30.0 Å². The number of benzene rings is 2. The number of carbonyl (C=O) groups excluding carboxylic acids is 1. The van der Waals surface area contributed by atoms with Crippen molar-refractivity contribution in [1.82, 2.24) is 20.5 Å². The van der Waals surface area contributed by atoms with Gasteiger partial charge in [-0.05, 0) is 54.6 Å². The molecule has 0 bridgehead atoms. The van der Waals surface area contributed by atoms with Gasteiger partial charge in [-0.15, -0.1) is 0 Å². The number of rotatable bonds is 5. The molecule has 1 amide bonds. The van der Waals surface area contributed by atoms with E-state index < -0.39 is 0 Å². The van der Waals surface area contributed by atoms with E-state index in [-0.39, 0.29) is 11.4 Å². The Bertz CT molecular complexity index is 1160. The average Bonchev–Trinajstić information content (AvgIpc) is 3.15. The first-order valence-corrected chi connectivity index (χ1v) is 9.62. The number of aromatic amines is 1. The molecule has 0 fully saturated rings. The van der Waals surface area contributed by atoms with Gasteiger partial charge in [0.15, 0.2) is 0 Å². The molecular weight excluding hydrogens is 384 g/mol. The molecular formula is C22H20N4O2S. The Labute approximate surface area is 172 Å². The molecule has 2 aromatic carbocycles. The van der Waals surface area contributed by atoms with Crippen molar-refractivity contribution < 1.29 is 10.3 Å². The van der Waals surface area contributed by atoms with Gasteiger partial charge in [-0.2, -0.15) is 5.10 Å². The van der Waals surface area contributed by atoms with Crippen LogP contribution in [0.3, 0.4) is 0 Å². The Morgan fingerprint density at radius 1 is 1.07 bits per heavy atom. The maximum Gasteiger partial charge on any atom is 0.252 e. The Kier molecular flexibility index (Phi) is 6.43. The summed E-state index contributed by atoms with van der Waals surface area (Å²) in [6.45, 7) is 0. The van der Waals surface area contributed by atoms with Crippen LogP contribution >= 0.6 is 11.8 Å². The number of hydrogen-bond donors (Lipinski definition) is 2. The van der Waals surface area contributed by atoms with E-state index in [9.17, 15) is 4.79 Å². The third kappa shape index (κ3) is 4.53. The molecule has 2 aromatic heterocycles. The molecule has 2 heterocycles. The lowest BCUT2D eigenvalue weighted by molar-refractivity contribution is 0.0960. The van der Waals surface area contributed by atoms with E-state index in [1.165, 1.54) is 0 Å². The van der Waals surface area contributed by atoms with Crippen LogP contribution in [0, 0.1) is 0 Å². The predicted octanol–water partition coefficient (Wildman–Crippen LogP) is 3.81. The van der Waals surface area contributed by atoms with E-state index >= 15 is 0 Å². The minimum Gasteiger partial charge on any atom is -0.412 e. The normalized spacial score (nSPS) is 10.8. The zero-order valence-electron chi connectivity index (χ0n) is 15.7. The molecule has 0 spiro atoms. The van der Waals surface area contributed by atoms with E-state index in [4.69, 9.17) is 0 Å². The number of fused-ring (bicyclic) bond motifs is 1. The Morgan fingerprint density at radius 3 is 2.69 bits per heavy atom. The standard InChI is InChI=1S/C22H18N4OS.H2O/c1-23-22(27)18-7-2-3-8-21(18)28-16-10-11-17-19(25-26-20(17)14-16)12-9-15-6-4-5-13-24-15;/h2-14H,1H3,(H,23,27)(H,25,26);1H2/b12-9+;. The van der Waals surface area contributed by atoms with Crippen LogP contribution < -0.4 is 5.32 Å². The van der Waals surface area contributed by atoms with Crippen LogP contribution in [0.1, 0.15) is 21.7 Å². The van der Waals surface area contributed by atoms with Gasteiger partial charge in [0.05, 0.1) is 22.5 Å². The van der Waals surface area contributed by atoms with Crippen molar-refractivity contribution in [3.63, 3.8) is 0 Å². The van der Waals surface area contributed by atoms with Crippen molar-refractivity contribution >= 4 is 40.7 Å². The lowest BCUT2D eigenvalue weighted by Gasteiger charge is -2.08. The van der Waals surface area contributed by atoms with Crippen LogP contribution in [0.15, 0.2) is 76.7 Å². The van der Waals surface area contributed by atoms with Crippen LogP contribution in [0.25, 0.3) is 23.1 Å². The zero-order chi connectivity index (χ0) is 19.3. The van der Waals surface area contributed by atoms with Crippen molar-refractivity contribution in [2.45, 2.75) is 9.79 Å². The third-order valence-corrected chi connectivity index (χ3v) is 5.32. The van der Waals surface area contributed by atoms with Crippen LogP contribution in [0.5, 0.6) is 0 Å². The molecule has 0 aliphatic carbocycles. The largest absolute Gasteiger partial charge is 0.412 e. The molecule has 0 saturated heterocycles. The number of amides is 1. The molecule has 4 N–H and O–H groups in total. The number of nitrogens with one attached hydrogen (secondary N) is 2. The van der Waals surface area contributed by atoms with Gasteiger partial charge in [0.25, 0.3) is 5.91 Å². The first kappa shape index (κ1) is 20.3. The molecule has 0 saturated carbocycles. The van der Waals surface area contributed by atoms with Gasteiger partial charge in [-0.25, -0.2) is 0 Å². The maximum atomic E-state index is 12.1. The quantitative estimate of drug-likeness (QED) is 0.528. The number of nitrogens with zero attached hydrogens (tertiary/aromatic N) is 2. The minimum absolute atomic E-state index is 0. The summed E-state index contributed by atoms with van der Waals surface area (Å²) in [7, 11) is 1.64. The number of carbonyl (C=O) groups is 1. The second kappa shape index (κ2) is 9.18. The number of H-pyrrole nitrogens is 1. The van der Waals surface area contributed by atoms with Crippen molar-refractivity contribution in [2.24, 2.45) is 0 Å². The van der Waals surface area contributed by atoms with Gasteiger partial charge in [0.1, 0.15) is 0 Å². The predicted molar refractivity (Wildman–Crippen MR) is 117 cm³/mol. The molecule has 0 aliphatic rings. The van der Waals surface area contributed by atoms with Crippen LogP contribution in [-0.4, -0.2) is 33.6 Å². The Hall–Kier alpha value is -3.42. The number of aromatic nitrogens is 3. The van der Waals surface area contributed by atoms with Crippen molar-refractivity contribution in [3.8, 4) is 0 Å². The fourth-order valence-electron chi connectivity index (χ4n) is 2.85. The second-order valence-corrected chi connectivity index (χ2v) is 7.20. The molecule has 6 nitrogen and oxygen atoms in total. The number of pyridine rings is 1. The Balaban J connectivity index is 0.00000240. The van der Waals surface area contributed by atoms with E-state index in [2.05, 4.69) is 20.5 Å². The van der Waals surface area contributed by atoms with Gasteiger partial charge < -0.3 is 10.8 Å². The fraction of sp³-hybridized carbons (Fsp3) is 0.0455. The Morgan fingerprint density at radius 2 is 1.90 bits per heavy atom. The molecule has 4 rings (SSSR count). The summed E-state index contributed by atoms with van der Waals surface area (Å²) in [5.74, 6) is -0.0901. The lowest BCUT2D eigenvalue weighted by Crippen LogP contribution is -2.18. The zero-order valence-corrected chi connectivity index (χ0v) is 16.5. The summed E-state index contributed by atoms with van der Waals surface area (Å²) in [5.41, 5.74) is 3.36. The van der Waals surface area contributed by atoms with E-state index in [1.54, 1.807) is 25.0 Å². The molecule has 0 aliphatic heterocycles. The van der Waals surface area contributed by atoms with E-state index in [0.29, 0.717) is 5.56 Å². The van der Waals surface area contributed by atoms with Gasteiger partial charge in [0, 0.05) is 28.4 Å². The molecule has 4 aromatic rings. The summed E-state index contributed by atoms with van der Waals surface area (Å²) >= 11 is 1.56. The average molecular weight is 404 g/mol. The van der Waals surface area contributed by atoms with Crippen LogP contribution in [0.2, 0.25) is 0 Å². The highest BCUT2D eigenvalue weighted by molar-refractivity contribution is 7.99. The van der Waals surface area contributed by atoms with E-state index in [0.717, 1.165) is 32.1 Å². The molecule has 29 heavy (non-hydrogen) atoms. The molecule has 146 valence electrons. The number of hydrogen-bond acceptors (Lipinski definition) is 4. The van der Waals surface area contributed by atoms with Crippen molar-refractivity contribution in [1.29, 1.82) is 0 Å². The van der Waals surface area contributed by atoms with Crippen molar-refractivity contribution in [2.75, 3.05) is 7.05 Å². The molecule has 0 radical (unpaired) electrons. The monoisotopic (exact) mass is 404 g/mol. The highest BCUT2D eigenvalue weighted by Gasteiger charge is 2.11. The first-order chi connectivity index (χ1) is 13.7. The minimum atomic E-state index is -0.0901. The van der Waals surface area contributed by atoms with Gasteiger partial charge in [0.2, 0.25) is 0 Å². The van der Waals surface area contributed by atoms with Gasteiger partial charge >= 0.3 is 0 Å². The highest BCUT2D eigenvalue weighted by atomic mass is 32.2. The third-order valence-electron chi connectivity index (χ3n) is 4.25. The highest BCUT2D eigenvalue weighted by Crippen LogP contribution is 2.32. The fourth-order valence-corrected chi connectivity index (χ4v) is 3.84. The van der Waals surface area contributed by atoms with Crippen LogP contribution in [-0.2, 0) is 0 Å². The van der Waals surface area contributed by atoms with Crippen molar-refractivity contribution in [3.05, 3.63) is 83.8 Å². The summed E-state index contributed by atoms with van der Waals surface area (Å²) < 4.78 is 0. The summed E-state index contributed by atoms with van der Waals surface area (Å²) in [4.78, 5) is 18.3. The SMILES string of the molecule is CNC(=O)c1ccccc1Sc1ccc2c(/C=C/c3ccccn3)n[nH]c2c1.O. The lowest BCUT2D eigenvalue weighted by atomic mass is 10.2. The molecule has 0 unspecified atom stereocenters. The van der Waals surface area contributed by atoms with E-state index in [1.807, 2.05) is 72.8 Å². The molecule has 0 atom stereocenters. The smallest absolute Gasteiger partial charge is 0.252 e. The topological polar surface area (TPSA) is 102 Å². The summed E-state index contributed by atoms with van der Waals surface area (Å²) in [6.07, 6.45) is 5.66. The van der Waals surface area contributed by atoms with Crippen LogP contribution in [0.4, 0.5) is 0 Å². The molecule has 7 heteroatoms. The first-order valence-electron chi connectivity index (χ1n) is 8.81. The van der Waals surface area contributed by atoms with Gasteiger partial charge in [-0.3, -0.25) is 14.9 Å². The summed E-state index contributed by atoms with van der Waals surface area (Å²) in [6, 6.07) is 19.5.